The third-order valence-corrected chi connectivity index (χ3v) is 2.50. The smallest absolute Gasteiger partial charge is 0.325 e. The summed E-state index contributed by atoms with van der Waals surface area (Å²) in [5.74, 6) is -0.632. The van der Waals surface area contributed by atoms with Gasteiger partial charge in [0.25, 0.3) is 0 Å². The molecule has 6 nitrogen and oxygen atoms in total. The third-order valence-electron chi connectivity index (χ3n) is 2.50. The van der Waals surface area contributed by atoms with Crippen LogP contribution >= 0.6 is 0 Å². The zero-order valence-electron chi connectivity index (χ0n) is 11.5. The van der Waals surface area contributed by atoms with Gasteiger partial charge in [0.05, 0.1) is 13.3 Å². The minimum absolute atomic E-state index is 0.0272. The summed E-state index contributed by atoms with van der Waals surface area (Å²) in [5, 5.41) is 4.00. The molecule has 0 spiro atoms. The normalized spacial score (nSPS) is 10.7. The fraction of sp³-hybridized carbons (Fsp3) is 0.462. The van der Waals surface area contributed by atoms with Gasteiger partial charge in [-0.3, -0.25) is 14.3 Å². The standard InChI is InChI=1S/C13H19N3O3/c1-4-7-16(10-13(18)19-3)12(17)6-5-11-8-14-15(2)9-11/h5-6,8-9H,4,7,10H2,1-3H3/b6-5+. The lowest BCUT2D eigenvalue weighted by molar-refractivity contribution is -0.145. The highest BCUT2D eigenvalue weighted by Crippen LogP contribution is 2.02. The number of carbonyl (C=O) groups is 2. The molecule has 104 valence electrons. The molecule has 19 heavy (non-hydrogen) atoms. The second-order valence-electron chi connectivity index (χ2n) is 4.12. The number of hydrogen-bond acceptors (Lipinski definition) is 4. The predicted molar refractivity (Wildman–Crippen MR) is 71.1 cm³/mol. The summed E-state index contributed by atoms with van der Waals surface area (Å²) in [6.45, 7) is 2.44. The van der Waals surface area contributed by atoms with Crippen molar-refractivity contribution < 1.29 is 14.3 Å². The molecule has 1 rings (SSSR count). The minimum atomic E-state index is -0.420. The summed E-state index contributed by atoms with van der Waals surface area (Å²) in [7, 11) is 3.11. The molecule has 0 unspecified atom stereocenters. The quantitative estimate of drug-likeness (QED) is 0.565. The van der Waals surface area contributed by atoms with Crippen molar-refractivity contribution in [3.63, 3.8) is 0 Å². The van der Waals surface area contributed by atoms with E-state index < -0.39 is 5.97 Å². The lowest BCUT2D eigenvalue weighted by atomic mass is 10.3. The van der Waals surface area contributed by atoms with Crippen molar-refractivity contribution in [3.05, 3.63) is 24.0 Å². The maximum atomic E-state index is 12.0. The molecule has 1 amide bonds. The molecule has 0 bridgehead atoms. The van der Waals surface area contributed by atoms with Crippen LogP contribution in [0.5, 0.6) is 0 Å². The first-order valence-electron chi connectivity index (χ1n) is 6.09. The van der Waals surface area contributed by atoms with Gasteiger partial charge in [-0.25, -0.2) is 0 Å². The average molecular weight is 265 g/mol. The Labute approximate surface area is 112 Å². The van der Waals surface area contributed by atoms with Crippen LogP contribution in [-0.4, -0.2) is 46.8 Å². The number of rotatable bonds is 6. The Bertz CT molecular complexity index is 465. The molecule has 0 aliphatic carbocycles. The summed E-state index contributed by atoms with van der Waals surface area (Å²) in [4.78, 5) is 24.7. The van der Waals surface area contributed by atoms with Crippen LogP contribution in [0.3, 0.4) is 0 Å². The SMILES string of the molecule is CCCN(CC(=O)OC)C(=O)/C=C/c1cnn(C)c1. The third kappa shape index (κ3) is 4.95. The van der Waals surface area contributed by atoms with Crippen molar-refractivity contribution in [1.29, 1.82) is 0 Å². The summed E-state index contributed by atoms with van der Waals surface area (Å²) in [6, 6.07) is 0. The van der Waals surface area contributed by atoms with E-state index in [0.717, 1.165) is 12.0 Å². The van der Waals surface area contributed by atoms with Gasteiger partial charge in [0.2, 0.25) is 5.91 Å². The van der Waals surface area contributed by atoms with Gasteiger partial charge in [-0.15, -0.1) is 0 Å². The number of methoxy groups -OCH3 is 1. The second-order valence-corrected chi connectivity index (χ2v) is 4.12. The maximum absolute atomic E-state index is 12.0. The zero-order chi connectivity index (χ0) is 14.3. The van der Waals surface area contributed by atoms with E-state index in [0.29, 0.717) is 6.54 Å². The number of esters is 1. The number of nitrogens with zero attached hydrogens (tertiary/aromatic N) is 3. The van der Waals surface area contributed by atoms with E-state index in [1.807, 2.05) is 6.92 Å². The fourth-order valence-corrected chi connectivity index (χ4v) is 1.56. The summed E-state index contributed by atoms with van der Waals surface area (Å²) in [6.07, 6.45) is 7.36. The number of hydrogen-bond donors (Lipinski definition) is 0. The van der Waals surface area contributed by atoms with Crippen molar-refractivity contribution in [2.45, 2.75) is 13.3 Å². The Morgan fingerprint density at radius 2 is 2.26 bits per heavy atom. The maximum Gasteiger partial charge on any atom is 0.325 e. The van der Waals surface area contributed by atoms with Crippen LogP contribution in [0.2, 0.25) is 0 Å². The zero-order valence-corrected chi connectivity index (χ0v) is 11.5. The monoisotopic (exact) mass is 265 g/mol. The lowest BCUT2D eigenvalue weighted by Crippen LogP contribution is -2.35. The molecule has 0 saturated heterocycles. The Morgan fingerprint density at radius 3 is 2.79 bits per heavy atom. The average Bonchev–Trinajstić information content (AvgIpc) is 2.81. The van der Waals surface area contributed by atoms with Crippen LogP contribution in [0, 0.1) is 0 Å². The minimum Gasteiger partial charge on any atom is -0.468 e. The highest BCUT2D eigenvalue weighted by atomic mass is 16.5. The molecular formula is C13H19N3O3. The predicted octanol–water partition coefficient (Wildman–Crippen LogP) is 0.845. The Balaban J connectivity index is 2.65. The number of amides is 1. The van der Waals surface area contributed by atoms with Gasteiger partial charge < -0.3 is 9.64 Å². The van der Waals surface area contributed by atoms with Gasteiger partial charge >= 0.3 is 5.97 Å². The number of aryl methyl sites for hydroxylation is 1. The molecule has 0 aromatic carbocycles. The highest BCUT2D eigenvalue weighted by Gasteiger charge is 2.14. The van der Waals surface area contributed by atoms with E-state index in [1.54, 1.807) is 30.2 Å². The number of ether oxygens (including phenoxy) is 1. The van der Waals surface area contributed by atoms with Crippen LogP contribution in [-0.2, 0) is 21.4 Å². The van der Waals surface area contributed by atoms with Gasteiger partial charge in [-0.2, -0.15) is 5.10 Å². The molecule has 1 aromatic rings. The molecule has 0 aliphatic heterocycles. The van der Waals surface area contributed by atoms with Gasteiger partial charge in [-0.05, 0) is 12.5 Å². The molecule has 0 aliphatic rings. The number of carbonyl (C=O) groups excluding carboxylic acids is 2. The molecule has 1 heterocycles. The van der Waals surface area contributed by atoms with Crippen molar-refractivity contribution in [1.82, 2.24) is 14.7 Å². The second kappa shape index (κ2) is 7.35. The molecular weight excluding hydrogens is 246 g/mol. The van der Waals surface area contributed by atoms with E-state index in [-0.39, 0.29) is 12.5 Å². The van der Waals surface area contributed by atoms with Crippen LogP contribution in [0.25, 0.3) is 6.08 Å². The van der Waals surface area contributed by atoms with E-state index in [1.165, 1.54) is 18.1 Å². The van der Waals surface area contributed by atoms with E-state index in [9.17, 15) is 9.59 Å². The van der Waals surface area contributed by atoms with Gasteiger partial charge in [0.15, 0.2) is 0 Å². The van der Waals surface area contributed by atoms with Crippen LogP contribution < -0.4 is 0 Å². The van der Waals surface area contributed by atoms with E-state index in [4.69, 9.17) is 0 Å². The van der Waals surface area contributed by atoms with Crippen molar-refractivity contribution in [2.24, 2.45) is 7.05 Å². The molecule has 0 N–H and O–H groups in total. The largest absolute Gasteiger partial charge is 0.468 e. The Kier molecular flexibility index (Phi) is 5.78. The first-order chi connectivity index (χ1) is 9.06. The first kappa shape index (κ1) is 14.9. The molecule has 1 aromatic heterocycles. The van der Waals surface area contributed by atoms with E-state index in [2.05, 4.69) is 9.84 Å². The molecule has 6 heteroatoms. The van der Waals surface area contributed by atoms with Gasteiger partial charge in [-0.1, -0.05) is 6.92 Å². The fourth-order valence-electron chi connectivity index (χ4n) is 1.56. The Morgan fingerprint density at radius 1 is 1.53 bits per heavy atom. The summed E-state index contributed by atoms with van der Waals surface area (Å²) >= 11 is 0. The van der Waals surface area contributed by atoms with Crippen LogP contribution in [0.1, 0.15) is 18.9 Å². The first-order valence-corrected chi connectivity index (χ1v) is 6.09. The molecule has 0 fully saturated rings. The van der Waals surface area contributed by atoms with Crippen LogP contribution in [0.15, 0.2) is 18.5 Å². The Hall–Kier alpha value is -2.11. The van der Waals surface area contributed by atoms with E-state index >= 15 is 0 Å². The topological polar surface area (TPSA) is 64.4 Å². The molecule has 0 saturated carbocycles. The van der Waals surface area contributed by atoms with Crippen molar-refractivity contribution in [3.8, 4) is 0 Å². The van der Waals surface area contributed by atoms with Crippen molar-refractivity contribution >= 4 is 18.0 Å². The van der Waals surface area contributed by atoms with Gasteiger partial charge in [0, 0.05) is 31.4 Å². The summed E-state index contributed by atoms with van der Waals surface area (Å²) in [5.41, 5.74) is 0.838. The van der Waals surface area contributed by atoms with Crippen LogP contribution in [0.4, 0.5) is 0 Å². The number of aromatic nitrogens is 2. The van der Waals surface area contributed by atoms with Gasteiger partial charge in [0.1, 0.15) is 6.54 Å². The van der Waals surface area contributed by atoms with Crippen molar-refractivity contribution in [2.75, 3.05) is 20.2 Å². The molecule has 0 radical (unpaired) electrons. The highest BCUT2D eigenvalue weighted by molar-refractivity contribution is 5.93. The summed E-state index contributed by atoms with van der Waals surface area (Å²) < 4.78 is 6.23. The lowest BCUT2D eigenvalue weighted by Gasteiger charge is -2.18. The molecule has 0 atom stereocenters.